The number of carbonyl (C=O) groups is 1. The first-order valence-corrected chi connectivity index (χ1v) is 6.61. The molecular weight excluding hydrogens is 244 g/mol. The van der Waals surface area contributed by atoms with E-state index in [2.05, 4.69) is 10.6 Å². The number of amides is 2. The molecule has 104 valence electrons. The van der Waals surface area contributed by atoms with Crippen molar-refractivity contribution in [3.8, 4) is 5.75 Å². The lowest BCUT2D eigenvalue weighted by molar-refractivity contribution is 0.182. The number of aliphatic hydroxyl groups excluding tert-OH is 1. The smallest absolute Gasteiger partial charge is 0.315 e. The number of hydrogen-bond acceptors (Lipinski definition) is 3. The Morgan fingerprint density at radius 2 is 2.32 bits per heavy atom. The number of urea groups is 1. The van der Waals surface area contributed by atoms with Crippen LogP contribution in [0.15, 0.2) is 24.3 Å². The maximum absolute atomic E-state index is 11.8. The third-order valence-corrected chi connectivity index (χ3v) is 3.11. The summed E-state index contributed by atoms with van der Waals surface area (Å²) in [7, 11) is 0. The number of hydrogen-bond donors (Lipinski definition) is 3. The highest BCUT2D eigenvalue weighted by Gasteiger charge is 2.22. The summed E-state index contributed by atoms with van der Waals surface area (Å²) in [5.74, 6) is 0.836. The first kappa shape index (κ1) is 13.7. The van der Waals surface area contributed by atoms with Gasteiger partial charge >= 0.3 is 6.03 Å². The van der Waals surface area contributed by atoms with Crippen molar-refractivity contribution in [3.05, 3.63) is 29.8 Å². The topological polar surface area (TPSA) is 70.6 Å². The van der Waals surface area contributed by atoms with E-state index in [1.54, 1.807) is 6.92 Å². The molecule has 1 aliphatic heterocycles. The van der Waals surface area contributed by atoms with Gasteiger partial charge < -0.3 is 20.5 Å². The molecule has 2 amide bonds. The quantitative estimate of drug-likeness (QED) is 0.773. The molecule has 0 spiro atoms. The minimum Gasteiger partial charge on any atom is -0.493 e. The van der Waals surface area contributed by atoms with E-state index in [0.717, 1.165) is 17.7 Å². The van der Waals surface area contributed by atoms with Gasteiger partial charge in [-0.2, -0.15) is 0 Å². The van der Waals surface area contributed by atoms with Crippen LogP contribution >= 0.6 is 0 Å². The molecule has 0 saturated carbocycles. The number of ether oxygens (including phenoxy) is 1. The van der Waals surface area contributed by atoms with Crippen LogP contribution in [0.5, 0.6) is 5.75 Å². The summed E-state index contributed by atoms with van der Waals surface area (Å²) in [6.07, 6.45) is 0.919. The molecule has 2 rings (SSSR count). The largest absolute Gasteiger partial charge is 0.493 e. The van der Waals surface area contributed by atoms with Gasteiger partial charge in [0.1, 0.15) is 5.75 Å². The fourth-order valence-corrected chi connectivity index (χ4v) is 2.10. The van der Waals surface area contributed by atoms with Crippen molar-refractivity contribution < 1.29 is 14.6 Å². The SMILES string of the molecule is CC(O)CCNC(=O)NC1CCOc2ccccc21. The summed E-state index contributed by atoms with van der Waals surface area (Å²) >= 11 is 0. The van der Waals surface area contributed by atoms with Crippen molar-refractivity contribution in [2.45, 2.75) is 31.9 Å². The number of nitrogens with one attached hydrogen (secondary N) is 2. The third-order valence-electron chi connectivity index (χ3n) is 3.11. The van der Waals surface area contributed by atoms with Gasteiger partial charge in [0, 0.05) is 18.5 Å². The second-order valence-electron chi connectivity index (χ2n) is 4.77. The maximum Gasteiger partial charge on any atom is 0.315 e. The van der Waals surface area contributed by atoms with Crippen molar-refractivity contribution in [1.82, 2.24) is 10.6 Å². The van der Waals surface area contributed by atoms with Crippen molar-refractivity contribution in [1.29, 1.82) is 0 Å². The second-order valence-corrected chi connectivity index (χ2v) is 4.77. The predicted octanol–water partition coefficient (Wildman–Crippen LogP) is 1.58. The summed E-state index contributed by atoms with van der Waals surface area (Å²) in [6.45, 7) is 2.78. The molecule has 1 heterocycles. The summed E-state index contributed by atoms with van der Waals surface area (Å²) < 4.78 is 5.54. The fourth-order valence-electron chi connectivity index (χ4n) is 2.10. The summed E-state index contributed by atoms with van der Waals surface area (Å²) in [5.41, 5.74) is 1.01. The minimum atomic E-state index is -0.399. The zero-order chi connectivity index (χ0) is 13.7. The molecule has 3 N–H and O–H groups in total. The minimum absolute atomic E-state index is 0.0171. The van der Waals surface area contributed by atoms with E-state index in [0.29, 0.717) is 19.6 Å². The molecule has 2 atom stereocenters. The molecule has 0 fully saturated rings. The molecule has 19 heavy (non-hydrogen) atoms. The van der Waals surface area contributed by atoms with E-state index in [4.69, 9.17) is 9.84 Å². The van der Waals surface area contributed by atoms with Crippen LogP contribution in [0.3, 0.4) is 0 Å². The lowest BCUT2D eigenvalue weighted by atomic mass is 10.0. The lowest BCUT2D eigenvalue weighted by Crippen LogP contribution is -2.40. The van der Waals surface area contributed by atoms with Gasteiger partial charge in [-0.05, 0) is 19.4 Å². The van der Waals surface area contributed by atoms with Gasteiger partial charge in [-0.3, -0.25) is 0 Å². The first-order chi connectivity index (χ1) is 9.16. The highest BCUT2D eigenvalue weighted by Crippen LogP contribution is 2.31. The van der Waals surface area contributed by atoms with Crippen molar-refractivity contribution in [3.63, 3.8) is 0 Å². The van der Waals surface area contributed by atoms with Gasteiger partial charge in [0.25, 0.3) is 0 Å². The number of rotatable bonds is 4. The lowest BCUT2D eigenvalue weighted by Gasteiger charge is -2.26. The molecular formula is C14H20N2O3. The molecule has 1 aromatic rings. The monoisotopic (exact) mass is 264 g/mol. The van der Waals surface area contributed by atoms with Crippen LogP contribution in [0.25, 0.3) is 0 Å². The van der Waals surface area contributed by atoms with Crippen LogP contribution in [-0.4, -0.2) is 30.4 Å². The molecule has 0 bridgehead atoms. The Morgan fingerprint density at radius 3 is 3.11 bits per heavy atom. The predicted molar refractivity (Wildman–Crippen MR) is 72.1 cm³/mol. The van der Waals surface area contributed by atoms with E-state index in [-0.39, 0.29) is 12.1 Å². The van der Waals surface area contributed by atoms with Crippen LogP contribution in [-0.2, 0) is 0 Å². The van der Waals surface area contributed by atoms with E-state index < -0.39 is 6.10 Å². The van der Waals surface area contributed by atoms with Crippen LogP contribution in [0, 0.1) is 0 Å². The van der Waals surface area contributed by atoms with Gasteiger partial charge in [0.2, 0.25) is 0 Å². The Hall–Kier alpha value is -1.75. The van der Waals surface area contributed by atoms with Crippen molar-refractivity contribution in [2.75, 3.05) is 13.2 Å². The average Bonchev–Trinajstić information content (AvgIpc) is 2.39. The normalized spacial score (nSPS) is 18.9. The Morgan fingerprint density at radius 1 is 1.53 bits per heavy atom. The molecule has 5 heteroatoms. The molecule has 0 aliphatic carbocycles. The van der Waals surface area contributed by atoms with Gasteiger partial charge in [0.05, 0.1) is 18.8 Å². The Bertz CT molecular complexity index is 434. The third kappa shape index (κ3) is 3.86. The first-order valence-electron chi connectivity index (χ1n) is 6.61. The number of benzene rings is 1. The molecule has 0 saturated heterocycles. The molecule has 1 aromatic carbocycles. The van der Waals surface area contributed by atoms with Crippen LogP contribution in [0.1, 0.15) is 31.4 Å². The Kier molecular flexibility index (Phi) is 4.63. The van der Waals surface area contributed by atoms with E-state index in [9.17, 15) is 4.79 Å². The standard InChI is InChI=1S/C14H20N2O3/c1-10(17)6-8-15-14(18)16-12-7-9-19-13-5-3-2-4-11(12)13/h2-5,10,12,17H,6-9H2,1H3,(H2,15,16,18). The Balaban J connectivity index is 1.88. The zero-order valence-electron chi connectivity index (χ0n) is 11.1. The molecule has 0 radical (unpaired) electrons. The molecule has 0 aromatic heterocycles. The van der Waals surface area contributed by atoms with Crippen molar-refractivity contribution >= 4 is 6.03 Å². The van der Waals surface area contributed by atoms with Gasteiger partial charge in [-0.1, -0.05) is 18.2 Å². The highest BCUT2D eigenvalue weighted by molar-refractivity contribution is 5.74. The molecule has 2 unspecified atom stereocenters. The summed E-state index contributed by atoms with van der Waals surface area (Å²) in [6, 6.07) is 7.51. The summed E-state index contributed by atoms with van der Waals surface area (Å²) in [5, 5.41) is 14.8. The Labute approximate surface area is 113 Å². The number of carbonyl (C=O) groups excluding carboxylic acids is 1. The van der Waals surface area contributed by atoms with Gasteiger partial charge in [0.15, 0.2) is 0 Å². The number of aliphatic hydroxyl groups is 1. The van der Waals surface area contributed by atoms with E-state index in [1.165, 1.54) is 0 Å². The molecule has 5 nitrogen and oxygen atoms in total. The highest BCUT2D eigenvalue weighted by atomic mass is 16.5. The fraction of sp³-hybridized carbons (Fsp3) is 0.500. The number of fused-ring (bicyclic) bond motifs is 1. The van der Waals surface area contributed by atoms with Gasteiger partial charge in [-0.15, -0.1) is 0 Å². The van der Waals surface area contributed by atoms with Crippen molar-refractivity contribution in [2.24, 2.45) is 0 Å². The zero-order valence-corrected chi connectivity index (χ0v) is 11.1. The molecule has 1 aliphatic rings. The number of para-hydroxylation sites is 1. The van der Waals surface area contributed by atoms with E-state index in [1.807, 2.05) is 24.3 Å². The average molecular weight is 264 g/mol. The van der Waals surface area contributed by atoms with Crippen LogP contribution in [0.2, 0.25) is 0 Å². The maximum atomic E-state index is 11.8. The summed E-state index contributed by atoms with van der Waals surface area (Å²) in [4.78, 5) is 11.8. The van der Waals surface area contributed by atoms with Crippen LogP contribution in [0.4, 0.5) is 4.79 Å². The second kappa shape index (κ2) is 6.43. The van der Waals surface area contributed by atoms with Gasteiger partial charge in [-0.25, -0.2) is 4.79 Å². The van der Waals surface area contributed by atoms with Crippen LogP contribution < -0.4 is 15.4 Å². The van der Waals surface area contributed by atoms with E-state index >= 15 is 0 Å².